The fraction of sp³-hybridized carbons (Fsp3) is 0.200. The number of anilines is 1. The molecule has 0 aliphatic carbocycles. The molecule has 2 N–H and O–H groups in total. The summed E-state index contributed by atoms with van der Waals surface area (Å²) in [5.41, 5.74) is 0.354. The molecule has 2 amide bonds. The van der Waals surface area contributed by atoms with E-state index in [2.05, 4.69) is 20.8 Å². The second-order valence-corrected chi connectivity index (χ2v) is 9.01. The summed E-state index contributed by atoms with van der Waals surface area (Å²) in [6.07, 6.45) is 0.409. The monoisotopic (exact) mass is 542 g/mol. The maximum absolute atomic E-state index is 12.3. The normalized spacial score (nSPS) is 10.7. The average molecular weight is 544 g/mol. The minimum atomic E-state index is -0.575. The molecule has 14 heteroatoms. The van der Waals surface area contributed by atoms with E-state index in [-0.39, 0.29) is 28.1 Å². The summed E-state index contributed by atoms with van der Waals surface area (Å²) in [6.45, 7) is 0.307. The smallest absolute Gasteiger partial charge is 0.271 e. The summed E-state index contributed by atoms with van der Waals surface area (Å²) < 4.78 is 1.71. The van der Waals surface area contributed by atoms with Gasteiger partial charge >= 0.3 is 0 Å². The number of nitrogens with zero attached hydrogens (tertiary/aromatic N) is 4. The number of thioether (sulfide) groups is 1. The Hall–Kier alpha value is -2.86. The van der Waals surface area contributed by atoms with E-state index in [0.717, 1.165) is 11.8 Å². The zero-order chi connectivity index (χ0) is 24.8. The minimum absolute atomic E-state index is 0.0148. The number of hydrogen-bond acceptors (Lipinski definition) is 7. The van der Waals surface area contributed by atoms with Gasteiger partial charge in [-0.2, -0.15) is 0 Å². The van der Waals surface area contributed by atoms with Crippen LogP contribution in [0.5, 0.6) is 0 Å². The number of carbonyl (C=O) groups is 2. The van der Waals surface area contributed by atoms with Crippen LogP contribution in [-0.2, 0) is 18.3 Å². The van der Waals surface area contributed by atoms with Crippen molar-refractivity contribution in [1.29, 1.82) is 0 Å². The van der Waals surface area contributed by atoms with Crippen LogP contribution in [0.15, 0.2) is 41.6 Å². The van der Waals surface area contributed by atoms with Crippen LogP contribution in [0, 0.1) is 10.1 Å². The Bertz CT molecular complexity index is 1250. The number of aromatic nitrogens is 3. The van der Waals surface area contributed by atoms with Crippen molar-refractivity contribution in [2.24, 2.45) is 7.05 Å². The lowest BCUT2D eigenvalue weighted by Crippen LogP contribution is -2.26. The van der Waals surface area contributed by atoms with Gasteiger partial charge in [0, 0.05) is 37.7 Å². The van der Waals surface area contributed by atoms with Crippen molar-refractivity contribution in [2.45, 2.75) is 11.6 Å². The molecule has 2 aromatic carbocycles. The third-order valence-corrected chi connectivity index (χ3v) is 6.60. The number of nitro benzene ring substituents is 1. The number of hydrogen-bond donors (Lipinski definition) is 2. The predicted molar refractivity (Wildman–Crippen MR) is 131 cm³/mol. The van der Waals surface area contributed by atoms with Gasteiger partial charge in [-0.3, -0.25) is 19.7 Å². The standard InChI is InChI=1S/C20H17Cl3N6O4S/c1-28-17(6-7-24-19(31)11-2-4-13(21)15(23)8-11)26-27-20(28)34-10-18(30)25-16-9-12(29(32)33)3-5-14(16)22/h2-5,8-9H,6-7,10H2,1H3,(H,24,31)(H,25,30). The highest BCUT2D eigenvalue weighted by molar-refractivity contribution is 7.99. The fourth-order valence-electron chi connectivity index (χ4n) is 2.75. The first-order valence-electron chi connectivity index (χ1n) is 9.64. The van der Waals surface area contributed by atoms with E-state index in [1.54, 1.807) is 23.7 Å². The van der Waals surface area contributed by atoms with Crippen LogP contribution in [-0.4, -0.2) is 43.8 Å². The average Bonchev–Trinajstić information content (AvgIpc) is 3.14. The van der Waals surface area contributed by atoms with Gasteiger partial charge in [-0.25, -0.2) is 0 Å². The number of non-ortho nitro benzene ring substituents is 1. The zero-order valence-electron chi connectivity index (χ0n) is 17.5. The summed E-state index contributed by atoms with van der Waals surface area (Å²) in [7, 11) is 1.74. The second-order valence-electron chi connectivity index (χ2n) is 6.85. The first kappa shape index (κ1) is 25.8. The molecule has 10 nitrogen and oxygen atoms in total. The quantitative estimate of drug-likeness (QED) is 0.232. The summed E-state index contributed by atoms with van der Waals surface area (Å²) in [5.74, 6) is -0.115. The van der Waals surface area contributed by atoms with E-state index in [1.165, 1.54) is 24.3 Å². The topological polar surface area (TPSA) is 132 Å². The van der Waals surface area contributed by atoms with Gasteiger partial charge in [-0.05, 0) is 24.3 Å². The molecule has 34 heavy (non-hydrogen) atoms. The molecule has 0 saturated heterocycles. The first-order valence-corrected chi connectivity index (χ1v) is 11.8. The van der Waals surface area contributed by atoms with Crippen LogP contribution in [0.2, 0.25) is 15.1 Å². The number of benzene rings is 2. The maximum Gasteiger partial charge on any atom is 0.271 e. The Balaban J connectivity index is 1.51. The molecular weight excluding hydrogens is 527 g/mol. The molecule has 0 aliphatic rings. The summed E-state index contributed by atoms with van der Waals surface area (Å²) in [6, 6.07) is 8.40. The SMILES string of the molecule is Cn1c(CCNC(=O)c2ccc(Cl)c(Cl)c2)nnc1SCC(=O)Nc1cc([N+](=O)[O-])ccc1Cl. The molecule has 0 fully saturated rings. The third-order valence-electron chi connectivity index (χ3n) is 4.51. The van der Waals surface area contributed by atoms with Gasteiger partial charge in [0.2, 0.25) is 5.91 Å². The lowest BCUT2D eigenvalue weighted by atomic mass is 10.2. The number of halogens is 3. The molecule has 0 saturated carbocycles. The van der Waals surface area contributed by atoms with Crippen molar-refractivity contribution < 1.29 is 14.5 Å². The van der Waals surface area contributed by atoms with Gasteiger partial charge in [0.25, 0.3) is 11.6 Å². The lowest BCUT2D eigenvalue weighted by molar-refractivity contribution is -0.384. The molecule has 178 valence electrons. The molecule has 0 bridgehead atoms. The summed E-state index contributed by atoms with van der Waals surface area (Å²) in [4.78, 5) is 34.9. The molecule has 0 spiro atoms. The first-order chi connectivity index (χ1) is 16.2. The highest BCUT2D eigenvalue weighted by atomic mass is 35.5. The summed E-state index contributed by atoms with van der Waals surface area (Å²) in [5, 5.41) is 25.7. The van der Waals surface area contributed by atoms with Crippen LogP contribution in [0.4, 0.5) is 11.4 Å². The molecule has 0 radical (unpaired) electrons. The van der Waals surface area contributed by atoms with Gasteiger partial charge in [0.05, 0.1) is 31.4 Å². The van der Waals surface area contributed by atoms with E-state index < -0.39 is 10.8 Å². The third kappa shape index (κ3) is 6.60. The lowest BCUT2D eigenvalue weighted by Gasteiger charge is -2.08. The van der Waals surface area contributed by atoms with E-state index >= 15 is 0 Å². The van der Waals surface area contributed by atoms with Gasteiger partial charge in [0.1, 0.15) is 5.82 Å². The van der Waals surface area contributed by atoms with Crippen LogP contribution >= 0.6 is 46.6 Å². The largest absolute Gasteiger partial charge is 0.352 e. The van der Waals surface area contributed by atoms with Crippen molar-refractivity contribution in [3.05, 3.63) is 73.0 Å². The number of nitro groups is 1. The highest BCUT2D eigenvalue weighted by Crippen LogP contribution is 2.27. The Labute approximate surface area is 213 Å². The molecule has 0 aliphatic heterocycles. The second kappa shape index (κ2) is 11.5. The van der Waals surface area contributed by atoms with Crippen LogP contribution in [0.3, 0.4) is 0 Å². The Morgan fingerprint density at radius 1 is 1.09 bits per heavy atom. The number of nitrogens with one attached hydrogen (secondary N) is 2. The van der Waals surface area contributed by atoms with Crippen molar-refractivity contribution >= 4 is 69.8 Å². The van der Waals surface area contributed by atoms with E-state index in [9.17, 15) is 19.7 Å². The molecular formula is C20H17Cl3N6O4S. The molecule has 1 heterocycles. The fourth-order valence-corrected chi connectivity index (χ4v) is 3.95. The molecule has 0 atom stereocenters. The zero-order valence-corrected chi connectivity index (χ0v) is 20.6. The van der Waals surface area contributed by atoms with Crippen LogP contribution < -0.4 is 10.6 Å². The molecule has 3 aromatic rings. The van der Waals surface area contributed by atoms with Gasteiger partial charge in [-0.1, -0.05) is 46.6 Å². The van der Waals surface area contributed by atoms with Gasteiger partial charge in [-0.15, -0.1) is 10.2 Å². The van der Waals surface area contributed by atoms with E-state index in [1.807, 2.05) is 0 Å². The van der Waals surface area contributed by atoms with E-state index in [4.69, 9.17) is 34.8 Å². The minimum Gasteiger partial charge on any atom is -0.352 e. The Morgan fingerprint density at radius 2 is 1.82 bits per heavy atom. The molecule has 1 aromatic heterocycles. The number of rotatable bonds is 9. The number of amides is 2. The van der Waals surface area contributed by atoms with Crippen LogP contribution in [0.1, 0.15) is 16.2 Å². The highest BCUT2D eigenvalue weighted by Gasteiger charge is 2.15. The molecule has 0 unspecified atom stereocenters. The van der Waals surface area contributed by atoms with Gasteiger partial charge in [0.15, 0.2) is 5.16 Å². The van der Waals surface area contributed by atoms with Gasteiger partial charge < -0.3 is 15.2 Å². The Morgan fingerprint density at radius 3 is 2.53 bits per heavy atom. The van der Waals surface area contributed by atoms with Crippen molar-refractivity contribution in [2.75, 3.05) is 17.6 Å². The van der Waals surface area contributed by atoms with Crippen molar-refractivity contribution in [1.82, 2.24) is 20.1 Å². The predicted octanol–water partition coefficient (Wildman–Crippen LogP) is 4.39. The van der Waals surface area contributed by atoms with Crippen molar-refractivity contribution in [3.8, 4) is 0 Å². The molecule has 3 rings (SSSR count). The maximum atomic E-state index is 12.3. The van der Waals surface area contributed by atoms with E-state index in [0.29, 0.717) is 39.6 Å². The van der Waals surface area contributed by atoms with Crippen LogP contribution in [0.25, 0.3) is 0 Å². The van der Waals surface area contributed by atoms with Crippen molar-refractivity contribution in [3.63, 3.8) is 0 Å². The summed E-state index contributed by atoms with van der Waals surface area (Å²) >= 11 is 18.9. The number of carbonyl (C=O) groups excluding carboxylic acids is 2. The Kier molecular flexibility index (Phi) is 8.72.